The molecule has 2 aromatic carbocycles. The number of fused-ring (bicyclic) bond motifs is 3. The molecule has 0 amide bonds. The van der Waals surface area contributed by atoms with E-state index >= 15 is 0 Å². The number of thiazole rings is 1. The van der Waals surface area contributed by atoms with Crippen LogP contribution in [0.1, 0.15) is 51.5 Å². The molecule has 0 bridgehead atoms. The molecule has 0 aliphatic heterocycles. The Morgan fingerprint density at radius 2 is 2.03 bits per heavy atom. The van der Waals surface area contributed by atoms with Gasteiger partial charge >= 0.3 is 0 Å². The lowest BCUT2D eigenvalue weighted by molar-refractivity contribution is 0.206. The van der Waals surface area contributed by atoms with Gasteiger partial charge in [-0.15, -0.1) is 0 Å². The Bertz CT molecular complexity index is 1280. The van der Waals surface area contributed by atoms with Crippen LogP contribution in [0.15, 0.2) is 47.3 Å². The van der Waals surface area contributed by atoms with Crippen LogP contribution in [0.25, 0.3) is 22.1 Å². The Hall–Kier alpha value is -2.37. The third kappa shape index (κ3) is 4.37. The quantitative estimate of drug-likeness (QED) is 0.323. The summed E-state index contributed by atoms with van der Waals surface area (Å²) in [6, 6.07) is 13.2. The molecular weight excluding hydrogens is 416 g/mol. The van der Waals surface area contributed by atoms with Crippen molar-refractivity contribution in [1.82, 2.24) is 9.38 Å². The summed E-state index contributed by atoms with van der Waals surface area (Å²) in [6.07, 6.45) is 7.84. The molecule has 30 heavy (non-hydrogen) atoms. The van der Waals surface area contributed by atoms with Crippen molar-refractivity contribution in [3.05, 3.63) is 67.9 Å². The first kappa shape index (κ1) is 20.9. The molecule has 2 aromatic heterocycles. The monoisotopic (exact) mass is 440 g/mol. The number of nitrogens with zero attached hydrogens (tertiary/aromatic N) is 2. The van der Waals surface area contributed by atoms with Gasteiger partial charge in [0, 0.05) is 10.6 Å². The zero-order chi connectivity index (χ0) is 21.1. The van der Waals surface area contributed by atoms with Gasteiger partial charge < -0.3 is 4.74 Å². The number of halogens is 1. The van der Waals surface area contributed by atoms with E-state index < -0.39 is 0 Å². The largest absolute Gasteiger partial charge is 0.490 e. The summed E-state index contributed by atoms with van der Waals surface area (Å²) in [5.41, 5.74) is 2.41. The molecule has 2 heterocycles. The molecule has 0 aliphatic carbocycles. The molecule has 6 heteroatoms. The number of ether oxygens (including phenoxy) is 1. The zero-order valence-electron chi connectivity index (χ0n) is 17.2. The number of aromatic nitrogens is 2. The van der Waals surface area contributed by atoms with Crippen molar-refractivity contribution >= 4 is 45.0 Å². The summed E-state index contributed by atoms with van der Waals surface area (Å²) >= 11 is 7.63. The summed E-state index contributed by atoms with van der Waals surface area (Å²) in [5, 5.41) is 0.614. The fourth-order valence-electron chi connectivity index (χ4n) is 3.63. The standard InChI is InChI=1S/C24H25ClN2O2S/c1-3-4-5-6-9-16(2)29-21-13-12-18(25)14-17(21)15-22-23(28)27-20-11-8-7-10-19(20)26-24(27)30-22/h7-8,10-16H,3-6,9H2,1-2H3. The summed E-state index contributed by atoms with van der Waals surface area (Å²) in [7, 11) is 0. The molecule has 4 aromatic rings. The minimum absolute atomic E-state index is 0.0674. The first-order valence-corrected chi connectivity index (χ1v) is 11.6. The molecule has 1 atom stereocenters. The van der Waals surface area contributed by atoms with Crippen molar-refractivity contribution in [2.24, 2.45) is 0 Å². The van der Waals surface area contributed by atoms with E-state index in [9.17, 15) is 4.79 Å². The third-order valence-corrected chi connectivity index (χ3v) is 6.40. The second-order valence-electron chi connectivity index (χ2n) is 7.59. The van der Waals surface area contributed by atoms with E-state index in [4.69, 9.17) is 16.3 Å². The molecule has 0 aliphatic rings. The molecular formula is C24H25ClN2O2S. The minimum atomic E-state index is -0.0674. The fourth-order valence-corrected chi connectivity index (χ4v) is 4.79. The van der Waals surface area contributed by atoms with Gasteiger partial charge in [-0.3, -0.25) is 4.79 Å². The van der Waals surface area contributed by atoms with Crippen LogP contribution >= 0.6 is 22.9 Å². The third-order valence-electron chi connectivity index (χ3n) is 5.20. The first-order valence-electron chi connectivity index (χ1n) is 10.4. The van der Waals surface area contributed by atoms with Crippen LogP contribution in [-0.2, 0) is 0 Å². The van der Waals surface area contributed by atoms with Crippen LogP contribution in [0.4, 0.5) is 0 Å². The molecule has 0 fully saturated rings. The second-order valence-corrected chi connectivity index (χ2v) is 9.04. The average molecular weight is 441 g/mol. The maximum absolute atomic E-state index is 13.1. The number of hydrogen-bond acceptors (Lipinski definition) is 4. The molecule has 0 N–H and O–H groups in total. The van der Waals surface area contributed by atoms with Gasteiger partial charge in [-0.25, -0.2) is 9.38 Å². The lowest BCUT2D eigenvalue weighted by Gasteiger charge is -2.16. The van der Waals surface area contributed by atoms with Gasteiger partial charge in [0.2, 0.25) is 0 Å². The highest BCUT2D eigenvalue weighted by atomic mass is 35.5. The predicted octanol–water partition coefficient (Wildman–Crippen LogP) is 5.85. The van der Waals surface area contributed by atoms with Crippen LogP contribution in [0.2, 0.25) is 5.02 Å². The lowest BCUT2D eigenvalue weighted by atomic mass is 10.1. The van der Waals surface area contributed by atoms with Gasteiger partial charge in [0.1, 0.15) is 5.75 Å². The molecule has 0 saturated heterocycles. The van der Waals surface area contributed by atoms with E-state index in [0.717, 1.165) is 35.2 Å². The highest BCUT2D eigenvalue weighted by molar-refractivity contribution is 7.15. The zero-order valence-corrected chi connectivity index (χ0v) is 18.8. The fraction of sp³-hybridized carbons (Fsp3) is 0.333. The predicted molar refractivity (Wildman–Crippen MR) is 126 cm³/mol. The second kappa shape index (κ2) is 9.19. The molecule has 0 spiro atoms. The molecule has 156 valence electrons. The van der Waals surface area contributed by atoms with E-state index in [0.29, 0.717) is 14.5 Å². The molecule has 4 nitrogen and oxygen atoms in total. The summed E-state index contributed by atoms with van der Waals surface area (Å²) in [5.74, 6) is 0.748. The SMILES string of the molecule is CCCCCCC(C)Oc1ccc(Cl)cc1C=c1sc2nc3ccccc3n2c1=O. The van der Waals surface area contributed by atoms with Gasteiger partial charge in [0.25, 0.3) is 5.56 Å². The van der Waals surface area contributed by atoms with Gasteiger partial charge in [0.15, 0.2) is 4.96 Å². The lowest BCUT2D eigenvalue weighted by Crippen LogP contribution is -2.23. The molecule has 0 radical (unpaired) electrons. The van der Waals surface area contributed by atoms with E-state index in [1.807, 2.05) is 48.5 Å². The maximum atomic E-state index is 13.1. The van der Waals surface area contributed by atoms with Gasteiger partial charge in [-0.2, -0.15) is 0 Å². The van der Waals surface area contributed by atoms with Crippen molar-refractivity contribution < 1.29 is 4.74 Å². The number of rotatable bonds is 8. The van der Waals surface area contributed by atoms with E-state index in [-0.39, 0.29) is 11.7 Å². The molecule has 0 saturated carbocycles. The van der Waals surface area contributed by atoms with Crippen molar-refractivity contribution in [2.75, 3.05) is 0 Å². The van der Waals surface area contributed by atoms with E-state index in [1.165, 1.54) is 30.6 Å². The summed E-state index contributed by atoms with van der Waals surface area (Å²) < 4.78 is 8.50. The topological polar surface area (TPSA) is 43.6 Å². The van der Waals surface area contributed by atoms with Crippen molar-refractivity contribution in [2.45, 2.75) is 52.1 Å². The highest BCUT2D eigenvalue weighted by Crippen LogP contribution is 2.26. The van der Waals surface area contributed by atoms with Gasteiger partial charge in [0.05, 0.1) is 21.7 Å². The maximum Gasteiger partial charge on any atom is 0.274 e. The summed E-state index contributed by atoms with van der Waals surface area (Å²) in [4.78, 5) is 18.3. The number of para-hydroxylation sites is 2. The average Bonchev–Trinajstić information content (AvgIpc) is 3.24. The molecule has 1 unspecified atom stereocenters. The highest BCUT2D eigenvalue weighted by Gasteiger charge is 2.12. The smallest absolute Gasteiger partial charge is 0.274 e. The van der Waals surface area contributed by atoms with Crippen LogP contribution in [0.3, 0.4) is 0 Å². The van der Waals surface area contributed by atoms with Gasteiger partial charge in [-0.1, -0.05) is 61.3 Å². The van der Waals surface area contributed by atoms with Crippen molar-refractivity contribution in [3.63, 3.8) is 0 Å². The van der Waals surface area contributed by atoms with Crippen LogP contribution in [0.5, 0.6) is 5.75 Å². The number of benzene rings is 2. The molecule has 4 rings (SSSR count). The Morgan fingerprint density at radius 3 is 2.87 bits per heavy atom. The van der Waals surface area contributed by atoms with E-state index in [2.05, 4.69) is 18.8 Å². The number of unbranched alkanes of at least 4 members (excludes halogenated alkanes) is 3. The summed E-state index contributed by atoms with van der Waals surface area (Å²) in [6.45, 7) is 4.30. The van der Waals surface area contributed by atoms with Crippen molar-refractivity contribution in [3.8, 4) is 5.75 Å². The normalized spacial score (nSPS) is 13.4. The van der Waals surface area contributed by atoms with Crippen LogP contribution in [0, 0.1) is 0 Å². The first-order chi connectivity index (χ1) is 14.6. The Kier molecular flexibility index (Phi) is 6.40. The van der Waals surface area contributed by atoms with Gasteiger partial charge in [-0.05, 0) is 56.2 Å². The van der Waals surface area contributed by atoms with Crippen molar-refractivity contribution in [1.29, 1.82) is 0 Å². The van der Waals surface area contributed by atoms with Crippen LogP contribution < -0.4 is 14.8 Å². The van der Waals surface area contributed by atoms with Crippen LogP contribution in [-0.4, -0.2) is 15.5 Å². The minimum Gasteiger partial charge on any atom is -0.490 e. The Balaban J connectivity index is 1.67. The number of imidazole rings is 1. The van der Waals surface area contributed by atoms with E-state index in [1.54, 1.807) is 4.40 Å². The Morgan fingerprint density at radius 1 is 1.20 bits per heavy atom. The number of hydrogen-bond donors (Lipinski definition) is 0. The Labute approximate surface area is 184 Å².